The Morgan fingerprint density at radius 2 is 2.20 bits per heavy atom. The van der Waals surface area contributed by atoms with Gasteiger partial charge in [0, 0.05) is 5.56 Å². The Morgan fingerprint density at radius 3 is 2.70 bits per heavy atom. The molecule has 20 heavy (non-hydrogen) atoms. The molecule has 0 aliphatic rings. The summed E-state index contributed by atoms with van der Waals surface area (Å²) in [5, 5.41) is 18.2. The van der Waals surface area contributed by atoms with Crippen LogP contribution in [0.4, 0.5) is 8.78 Å². The largest absolute Gasteiger partial charge is 0.466 e. The van der Waals surface area contributed by atoms with Crippen molar-refractivity contribution in [1.29, 1.82) is 5.26 Å². The maximum Gasteiger partial charge on any atom is 0.387 e. The minimum absolute atomic E-state index is 0.0159. The van der Waals surface area contributed by atoms with Gasteiger partial charge in [-0.2, -0.15) is 14.0 Å². The van der Waals surface area contributed by atoms with Crippen LogP contribution in [0.25, 0.3) is 0 Å². The molecule has 0 heterocycles. The van der Waals surface area contributed by atoms with Crippen LogP contribution in [0.2, 0.25) is 0 Å². The van der Waals surface area contributed by atoms with Gasteiger partial charge >= 0.3 is 12.6 Å². The number of nitrogens with zero attached hydrogens (tertiary/aromatic N) is 1. The lowest BCUT2D eigenvalue weighted by atomic mass is 9.99. The average Bonchev–Trinajstić information content (AvgIpc) is 2.40. The number of nitriles is 1. The van der Waals surface area contributed by atoms with Crippen LogP contribution in [0, 0.1) is 11.3 Å². The molecule has 1 aromatic carbocycles. The second kappa shape index (κ2) is 7.40. The van der Waals surface area contributed by atoms with Crippen LogP contribution in [0.1, 0.15) is 23.6 Å². The molecule has 0 atom stereocenters. The van der Waals surface area contributed by atoms with Gasteiger partial charge in [-0.05, 0) is 18.6 Å². The van der Waals surface area contributed by atoms with Crippen LogP contribution in [0.5, 0.6) is 5.75 Å². The number of alkyl halides is 2. The smallest absolute Gasteiger partial charge is 0.387 e. The van der Waals surface area contributed by atoms with Crippen molar-refractivity contribution in [3.63, 3.8) is 0 Å². The summed E-state index contributed by atoms with van der Waals surface area (Å²) in [5.41, 5.74) is 0.157. The Balaban J connectivity index is 3.25. The first-order chi connectivity index (χ1) is 9.53. The van der Waals surface area contributed by atoms with Crippen LogP contribution in [0.3, 0.4) is 0 Å². The first-order valence-electron chi connectivity index (χ1n) is 5.79. The topological polar surface area (TPSA) is 79.6 Å². The van der Waals surface area contributed by atoms with E-state index < -0.39 is 19.2 Å². The molecule has 0 aromatic heterocycles. The summed E-state index contributed by atoms with van der Waals surface area (Å²) in [6.07, 6.45) is -0.382. The van der Waals surface area contributed by atoms with Gasteiger partial charge < -0.3 is 14.6 Å². The van der Waals surface area contributed by atoms with E-state index in [9.17, 15) is 13.6 Å². The van der Waals surface area contributed by atoms with E-state index >= 15 is 0 Å². The fraction of sp³-hybridized carbons (Fsp3) is 0.385. The summed E-state index contributed by atoms with van der Waals surface area (Å²) in [7, 11) is 0. The number of carbonyl (C=O) groups excluding carboxylic acids is 1. The number of aliphatic hydroxyl groups excluding tert-OH is 1. The van der Waals surface area contributed by atoms with Gasteiger partial charge in [0.1, 0.15) is 5.75 Å². The number of ether oxygens (including phenoxy) is 2. The highest BCUT2D eigenvalue weighted by molar-refractivity contribution is 5.75. The fourth-order valence-corrected chi connectivity index (χ4v) is 1.69. The summed E-state index contributed by atoms with van der Waals surface area (Å²) in [5.74, 6) is -0.944. The summed E-state index contributed by atoms with van der Waals surface area (Å²) in [4.78, 5) is 11.5. The molecule has 0 amide bonds. The first kappa shape index (κ1) is 15.9. The Kier molecular flexibility index (Phi) is 5.87. The lowest BCUT2D eigenvalue weighted by Crippen LogP contribution is -2.13. The van der Waals surface area contributed by atoms with Crippen molar-refractivity contribution in [3.05, 3.63) is 28.8 Å². The first-order valence-corrected chi connectivity index (χ1v) is 5.79. The second-order valence-corrected chi connectivity index (χ2v) is 3.71. The van der Waals surface area contributed by atoms with E-state index in [4.69, 9.17) is 15.1 Å². The van der Waals surface area contributed by atoms with Gasteiger partial charge in [0.25, 0.3) is 0 Å². The monoisotopic (exact) mass is 285 g/mol. The third-order valence-electron chi connectivity index (χ3n) is 2.48. The van der Waals surface area contributed by atoms with E-state index in [0.29, 0.717) is 0 Å². The van der Waals surface area contributed by atoms with Gasteiger partial charge in [0.2, 0.25) is 0 Å². The fourth-order valence-electron chi connectivity index (χ4n) is 1.69. The minimum Gasteiger partial charge on any atom is -0.466 e. The average molecular weight is 285 g/mol. The zero-order chi connectivity index (χ0) is 15.1. The van der Waals surface area contributed by atoms with Crippen molar-refractivity contribution in [3.8, 4) is 11.8 Å². The van der Waals surface area contributed by atoms with Gasteiger partial charge in [-0.15, -0.1) is 0 Å². The third kappa shape index (κ3) is 3.90. The van der Waals surface area contributed by atoms with E-state index in [2.05, 4.69) is 4.74 Å². The molecule has 0 fully saturated rings. The maximum absolute atomic E-state index is 12.3. The van der Waals surface area contributed by atoms with Crippen molar-refractivity contribution in [2.24, 2.45) is 0 Å². The summed E-state index contributed by atoms with van der Waals surface area (Å²) < 4.78 is 33.7. The van der Waals surface area contributed by atoms with Gasteiger partial charge in [0.15, 0.2) is 0 Å². The molecule has 0 aliphatic heterocycles. The normalized spacial score (nSPS) is 10.2. The van der Waals surface area contributed by atoms with Gasteiger partial charge in [0.05, 0.1) is 31.3 Å². The molecular formula is C13H13F2NO4. The molecule has 0 unspecified atom stereocenters. The highest BCUT2D eigenvalue weighted by Gasteiger charge is 2.19. The van der Waals surface area contributed by atoms with Crippen molar-refractivity contribution >= 4 is 5.97 Å². The predicted molar refractivity (Wildman–Crippen MR) is 64.0 cm³/mol. The Labute approximate surface area is 114 Å². The number of esters is 1. The molecule has 5 nitrogen and oxygen atoms in total. The molecule has 1 rings (SSSR count). The lowest BCUT2D eigenvalue weighted by molar-refractivity contribution is -0.142. The van der Waals surface area contributed by atoms with Crippen LogP contribution in [-0.2, 0) is 22.6 Å². The molecule has 0 aliphatic carbocycles. The number of carbonyl (C=O) groups is 1. The maximum atomic E-state index is 12.3. The van der Waals surface area contributed by atoms with E-state index in [1.807, 2.05) is 0 Å². The number of halogens is 2. The van der Waals surface area contributed by atoms with E-state index in [0.717, 1.165) is 0 Å². The molecule has 7 heteroatoms. The van der Waals surface area contributed by atoms with Crippen LogP contribution >= 0.6 is 0 Å². The van der Waals surface area contributed by atoms with E-state index in [1.165, 1.54) is 12.1 Å². The van der Waals surface area contributed by atoms with Crippen LogP contribution in [0.15, 0.2) is 12.1 Å². The Bertz CT molecular complexity index is 526. The number of hydrogen-bond acceptors (Lipinski definition) is 5. The van der Waals surface area contributed by atoms with Gasteiger partial charge in [-0.3, -0.25) is 4.79 Å². The lowest BCUT2D eigenvalue weighted by Gasteiger charge is -2.14. The zero-order valence-corrected chi connectivity index (χ0v) is 10.7. The van der Waals surface area contributed by atoms with Crippen molar-refractivity contribution in [2.45, 2.75) is 26.6 Å². The summed E-state index contributed by atoms with van der Waals surface area (Å²) in [6.45, 7) is -1.80. The predicted octanol–water partition coefficient (Wildman–Crippen LogP) is 1.76. The summed E-state index contributed by atoms with van der Waals surface area (Å²) in [6, 6.07) is 4.27. The molecule has 1 N–H and O–H groups in total. The van der Waals surface area contributed by atoms with Crippen LogP contribution in [-0.4, -0.2) is 24.3 Å². The second-order valence-electron chi connectivity index (χ2n) is 3.71. The zero-order valence-electron chi connectivity index (χ0n) is 10.7. The van der Waals surface area contributed by atoms with Crippen molar-refractivity contribution in [2.75, 3.05) is 6.61 Å². The SMILES string of the molecule is CCOC(=O)Cc1c(OC(F)F)ccc(CO)c1C#N. The molecule has 0 bridgehead atoms. The highest BCUT2D eigenvalue weighted by Crippen LogP contribution is 2.27. The summed E-state index contributed by atoms with van der Waals surface area (Å²) >= 11 is 0. The molecule has 0 saturated heterocycles. The molecule has 0 radical (unpaired) electrons. The number of benzene rings is 1. The van der Waals surface area contributed by atoms with Crippen molar-refractivity contribution in [1.82, 2.24) is 0 Å². The van der Waals surface area contributed by atoms with E-state index in [1.54, 1.807) is 13.0 Å². The molecular weight excluding hydrogens is 272 g/mol. The number of aliphatic hydroxyl groups is 1. The van der Waals surface area contributed by atoms with E-state index in [-0.39, 0.29) is 35.5 Å². The number of hydrogen-bond donors (Lipinski definition) is 1. The highest BCUT2D eigenvalue weighted by atomic mass is 19.3. The molecule has 0 spiro atoms. The molecule has 0 saturated carbocycles. The van der Waals surface area contributed by atoms with Crippen LogP contribution < -0.4 is 4.74 Å². The van der Waals surface area contributed by atoms with Gasteiger partial charge in [-0.1, -0.05) is 6.07 Å². The quantitative estimate of drug-likeness (QED) is 0.806. The number of rotatable bonds is 6. The third-order valence-corrected chi connectivity index (χ3v) is 2.48. The Morgan fingerprint density at radius 1 is 1.50 bits per heavy atom. The van der Waals surface area contributed by atoms with Crippen molar-refractivity contribution < 1.29 is 28.2 Å². The molecule has 108 valence electrons. The minimum atomic E-state index is -3.08. The Hall–Kier alpha value is -2.20. The molecule has 1 aromatic rings. The van der Waals surface area contributed by atoms with Gasteiger partial charge in [-0.25, -0.2) is 0 Å². The standard InChI is InChI=1S/C13H13F2NO4/c1-2-19-12(18)5-9-10(6-16)8(7-17)3-4-11(9)20-13(14)15/h3-4,13,17H,2,5,7H2,1H3.